The summed E-state index contributed by atoms with van der Waals surface area (Å²) in [7, 11) is 4.40. The van der Waals surface area contributed by atoms with Crippen molar-refractivity contribution >= 4 is 27.5 Å². The highest BCUT2D eigenvalue weighted by Crippen LogP contribution is 2.28. The molecule has 1 amide bonds. The van der Waals surface area contributed by atoms with Crippen LogP contribution >= 0.6 is 9.24 Å². The summed E-state index contributed by atoms with van der Waals surface area (Å²) in [6.07, 6.45) is 4.40. The van der Waals surface area contributed by atoms with Gasteiger partial charge < -0.3 is 25.4 Å². The zero-order valence-electron chi connectivity index (χ0n) is 21.7. The standard InChI is InChI=1S/C26H40FN4O4P/c1-26(2,3)35-25(34)31(4)21-7-5-6-19(12-21)14-29-24(17-36)30-22(23(33)16-32)15-28-13-18-8-10-20(27)11-9-18/h8-11,16,19,21,28,33H,5-7,12-15,17,36H2,1-4H3,(H,29,30)/b23-22+. The third-order valence-electron chi connectivity index (χ3n) is 5.98. The fraction of sp³-hybridized carbons (Fsp3) is 0.577. The van der Waals surface area contributed by atoms with Crippen molar-refractivity contribution in [2.24, 2.45) is 10.9 Å². The van der Waals surface area contributed by atoms with Gasteiger partial charge in [0.15, 0.2) is 12.0 Å². The van der Waals surface area contributed by atoms with E-state index in [1.807, 2.05) is 20.8 Å². The van der Waals surface area contributed by atoms with Crippen molar-refractivity contribution in [2.45, 2.75) is 64.6 Å². The molecular formula is C26H40FN4O4P. The molecule has 3 unspecified atom stereocenters. The Bertz CT molecular complexity index is 931. The Balaban J connectivity index is 1.95. The summed E-state index contributed by atoms with van der Waals surface area (Å²) in [4.78, 5) is 30.1. The van der Waals surface area contributed by atoms with E-state index in [0.29, 0.717) is 43.0 Å². The summed E-state index contributed by atoms with van der Waals surface area (Å²) in [5, 5.41) is 16.3. The van der Waals surface area contributed by atoms with Gasteiger partial charge in [0.25, 0.3) is 0 Å². The van der Waals surface area contributed by atoms with Crippen LogP contribution in [0.2, 0.25) is 0 Å². The quantitative estimate of drug-likeness (QED) is 0.106. The molecule has 0 aromatic heterocycles. The van der Waals surface area contributed by atoms with Crippen molar-refractivity contribution in [2.75, 3.05) is 26.3 Å². The molecule has 0 spiro atoms. The van der Waals surface area contributed by atoms with Gasteiger partial charge in [-0.15, -0.1) is 9.24 Å². The number of allylic oxidation sites excluding steroid dienone is 1. The lowest BCUT2D eigenvalue weighted by atomic mass is 9.85. The second kappa shape index (κ2) is 14.3. The van der Waals surface area contributed by atoms with Crippen molar-refractivity contribution in [3.05, 3.63) is 47.1 Å². The van der Waals surface area contributed by atoms with Crippen LogP contribution in [0.3, 0.4) is 0 Å². The van der Waals surface area contributed by atoms with Gasteiger partial charge >= 0.3 is 6.09 Å². The van der Waals surface area contributed by atoms with E-state index in [0.717, 1.165) is 31.2 Å². The zero-order chi connectivity index (χ0) is 26.7. The second-order valence-electron chi connectivity index (χ2n) is 10.1. The summed E-state index contributed by atoms with van der Waals surface area (Å²) < 4.78 is 18.6. The maximum atomic E-state index is 13.1. The molecule has 0 aliphatic heterocycles. The molecule has 3 N–H and O–H groups in total. The van der Waals surface area contributed by atoms with E-state index in [2.05, 4.69) is 19.9 Å². The Hall–Kier alpha value is -2.51. The molecule has 0 radical (unpaired) electrons. The zero-order valence-corrected chi connectivity index (χ0v) is 22.9. The first-order valence-electron chi connectivity index (χ1n) is 12.3. The summed E-state index contributed by atoms with van der Waals surface area (Å²) in [5.74, 6) is 0.242. The number of amides is 1. The number of hydrogen-bond acceptors (Lipinski definition) is 6. The minimum atomic E-state index is -0.532. The molecule has 0 saturated heterocycles. The van der Waals surface area contributed by atoms with Gasteiger partial charge in [-0.2, -0.15) is 0 Å². The van der Waals surface area contributed by atoms with Gasteiger partial charge in [-0.25, -0.2) is 9.18 Å². The first kappa shape index (κ1) is 29.7. The monoisotopic (exact) mass is 522 g/mol. The fourth-order valence-corrected chi connectivity index (χ4v) is 4.27. The maximum absolute atomic E-state index is 13.1. The maximum Gasteiger partial charge on any atom is 0.410 e. The molecule has 0 heterocycles. The van der Waals surface area contributed by atoms with Crippen molar-refractivity contribution in [1.29, 1.82) is 0 Å². The average Bonchev–Trinajstić information content (AvgIpc) is 2.84. The lowest BCUT2D eigenvalue weighted by molar-refractivity contribution is -0.107. The second-order valence-corrected chi connectivity index (χ2v) is 10.5. The van der Waals surface area contributed by atoms with Crippen molar-refractivity contribution in [3.8, 4) is 0 Å². The predicted molar refractivity (Wildman–Crippen MR) is 144 cm³/mol. The van der Waals surface area contributed by atoms with E-state index >= 15 is 0 Å². The van der Waals surface area contributed by atoms with Crippen LogP contribution in [-0.4, -0.2) is 66.2 Å². The molecular weight excluding hydrogens is 482 g/mol. The third kappa shape index (κ3) is 10.2. The van der Waals surface area contributed by atoms with Crippen LogP contribution < -0.4 is 10.6 Å². The van der Waals surface area contributed by atoms with Crippen LogP contribution in [0, 0.1) is 11.7 Å². The molecule has 1 aromatic carbocycles. The van der Waals surface area contributed by atoms with Crippen molar-refractivity contribution in [3.63, 3.8) is 0 Å². The summed E-state index contributed by atoms with van der Waals surface area (Å²) in [5.41, 5.74) is 0.666. The highest BCUT2D eigenvalue weighted by molar-refractivity contribution is 7.18. The van der Waals surface area contributed by atoms with Crippen LogP contribution in [0.25, 0.3) is 0 Å². The molecule has 1 aromatic rings. The number of aliphatic imine (C=N–C) groups is 1. The van der Waals surface area contributed by atoms with Crippen LogP contribution in [0.1, 0.15) is 52.0 Å². The minimum absolute atomic E-state index is 0.103. The minimum Gasteiger partial charge on any atom is -0.503 e. The van der Waals surface area contributed by atoms with E-state index < -0.39 is 11.4 Å². The molecule has 1 fully saturated rings. The Morgan fingerprint density at radius 1 is 1.31 bits per heavy atom. The van der Waals surface area contributed by atoms with Crippen LogP contribution in [0.15, 0.2) is 40.7 Å². The van der Waals surface area contributed by atoms with Gasteiger partial charge in [0, 0.05) is 38.9 Å². The Morgan fingerprint density at radius 2 is 2.00 bits per heavy atom. The lowest BCUT2D eigenvalue weighted by Crippen LogP contribution is -2.43. The molecule has 0 bridgehead atoms. The number of aliphatic hydroxyl groups excluding tert-OH is 1. The molecule has 1 aliphatic carbocycles. The number of aliphatic hydroxyl groups is 1. The number of carbonyl (C=O) groups is 2. The summed E-state index contributed by atoms with van der Waals surface area (Å²) in [6.45, 7) is 6.80. The fourth-order valence-electron chi connectivity index (χ4n) is 4.04. The van der Waals surface area contributed by atoms with Crippen LogP contribution in [0.5, 0.6) is 0 Å². The molecule has 200 valence electrons. The molecule has 8 nitrogen and oxygen atoms in total. The molecule has 1 saturated carbocycles. The number of ether oxygens (including phenoxy) is 1. The highest BCUT2D eigenvalue weighted by atomic mass is 31.0. The van der Waals surface area contributed by atoms with Crippen LogP contribution in [-0.2, 0) is 16.1 Å². The molecule has 36 heavy (non-hydrogen) atoms. The number of hydrogen-bond donors (Lipinski definition) is 3. The SMILES string of the molecule is CN(C(=O)OC(C)(C)C)C1CCCC(CN=C(CP)N/C(CNCc2ccc(F)cc2)=C(/O)C=O)C1. The number of aldehydes is 1. The highest BCUT2D eigenvalue weighted by Gasteiger charge is 2.30. The number of halogens is 1. The average molecular weight is 523 g/mol. The number of nitrogens with zero attached hydrogens (tertiary/aromatic N) is 2. The largest absolute Gasteiger partial charge is 0.503 e. The van der Waals surface area contributed by atoms with E-state index in [1.165, 1.54) is 12.1 Å². The van der Waals surface area contributed by atoms with E-state index in [1.54, 1.807) is 24.1 Å². The lowest BCUT2D eigenvalue weighted by Gasteiger charge is -2.35. The molecule has 2 rings (SSSR count). The number of amidine groups is 1. The summed E-state index contributed by atoms with van der Waals surface area (Å²) >= 11 is 0. The van der Waals surface area contributed by atoms with Gasteiger partial charge in [-0.3, -0.25) is 9.79 Å². The Morgan fingerprint density at radius 3 is 2.61 bits per heavy atom. The normalized spacial score (nSPS) is 19.3. The number of benzene rings is 1. The van der Waals surface area contributed by atoms with Gasteiger partial charge in [0.05, 0.1) is 5.70 Å². The summed E-state index contributed by atoms with van der Waals surface area (Å²) in [6, 6.07) is 6.22. The molecule has 1 aliphatic rings. The first-order chi connectivity index (χ1) is 17.0. The molecule has 10 heteroatoms. The van der Waals surface area contributed by atoms with E-state index in [-0.39, 0.29) is 24.5 Å². The predicted octanol–water partition coefficient (Wildman–Crippen LogP) is 4.17. The number of nitrogens with one attached hydrogen (secondary N) is 2. The third-order valence-corrected chi connectivity index (χ3v) is 6.36. The Kier molecular flexibility index (Phi) is 11.8. The van der Waals surface area contributed by atoms with E-state index in [9.17, 15) is 19.1 Å². The number of rotatable bonds is 10. The molecule has 3 atom stereocenters. The number of carbonyl (C=O) groups excluding carboxylic acids is 2. The Labute approximate surface area is 216 Å². The van der Waals surface area contributed by atoms with Gasteiger partial charge in [-0.05, 0) is 63.6 Å². The van der Waals surface area contributed by atoms with Gasteiger partial charge in [-0.1, -0.05) is 18.6 Å². The first-order valence-corrected chi connectivity index (χ1v) is 13.1. The van der Waals surface area contributed by atoms with Crippen molar-refractivity contribution in [1.82, 2.24) is 15.5 Å². The smallest absolute Gasteiger partial charge is 0.410 e. The van der Waals surface area contributed by atoms with Gasteiger partial charge in [0.1, 0.15) is 17.3 Å². The van der Waals surface area contributed by atoms with Crippen molar-refractivity contribution < 1.29 is 23.8 Å². The van der Waals surface area contributed by atoms with Gasteiger partial charge in [0.2, 0.25) is 0 Å². The van der Waals surface area contributed by atoms with Crippen LogP contribution in [0.4, 0.5) is 9.18 Å². The topological polar surface area (TPSA) is 103 Å². The van der Waals surface area contributed by atoms with E-state index in [4.69, 9.17) is 9.73 Å².